The molecule has 3 aliphatic carbocycles. The number of methoxy groups -OCH3 is 2. The molecule has 9 rings (SSSR count). The van der Waals surface area contributed by atoms with Crippen molar-refractivity contribution in [2.45, 2.75) is 12.3 Å². The van der Waals surface area contributed by atoms with E-state index in [0.717, 1.165) is 9.80 Å². The molecular formula is C37H29N3O8. The molecule has 2 saturated heterocycles. The second-order valence-corrected chi connectivity index (χ2v) is 12.6. The van der Waals surface area contributed by atoms with Crippen LogP contribution in [0.1, 0.15) is 33.3 Å². The standard InChI is InChI=1S/C37H29N3O8/c1-19-18-37(30-27(36(46)48-3)24(35(45)47-2)22-16-10-11-17-38(22)30)28-25(31(41)39(33(28)43)20-12-6-4-7-13-20)23(19)26-29(37)34(44)40(32(26)42)21-14-8-5-9-15-21/h4-18,23,25-26,28-29H,1-3H3. The monoisotopic (exact) mass is 643 g/mol. The van der Waals surface area contributed by atoms with Gasteiger partial charge in [0.1, 0.15) is 0 Å². The van der Waals surface area contributed by atoms with E-state index in [9.17, 15) is 28.8 Å². The number of benzene rings is 2. The minimum Gasteiger partial charge on any atom is -0.465 e. The zero-order valence-electron chi connectivity index (χ0n) is 26.2. The molecule has 11 nitrogen and oxygen atoms in total. The molecule has 2 bridgehead atoms. The maximum Gasteiger partial charge on any atom is 0.340 e. The van der Waals surface area contributed by atoms with Gasteiger partial charge in [-0.1, -0.05) is 54.1 Å². The molecule has 0 N–H and O–H groups in total. The van der Waals surface area contributed by atoms with Gasteiger partial charge in [0.2, 0.25) is 23.6 Å². The van der Waals surface area contributed by atoms with Crippen LogP contribution < -0.4 is 9.80 Å². The van der Waals surface area contributed by atoms with Crippen LogP contribution in [0.3, 0.4) is 0 Å². The normalized spacial score (nSPS) is 27.3. The second kappa shape index (κ2) is 10.3. The fourth-order valence-corrected chi connectivity index (χ4v) is 9.02. The van der Waals surface area contributed by atoms with E-state index in [4.69, 9.17) is 9.47 Å². The number of hydrogen-bond acceptors (Lipinski definition) is 8. The molecule has 4 heterocycles. The van der Waals surface area contributed by atoms with Gasteiger partial charge in [0.25, 0.3) is 0 Å². The number of nitrogens with zero attached hydrogens (tertiary/aromatic N) is 3. The highest BCUT2D eigenvalue weighted by molar-refractivity contribution is 6.27. The number of ether oxygens (including phenoxy) is 2. The summed E-state index contributed by atoms with van der Waals surface area (Å²) in [4.78, 5) is 88.6. The third kappa shape index (κ3) is 3.53. The van der Waals surface area contributed by atoms with Crippen molar-refractivity contribution in [3.63, 3.8) is 0 Å². The minimum absolute atomic E-state index is 0.111. The van der Waals surface area contributed by atoms with Crippen LogP contribution in [-0.4, -0.2) is 54.2 Å². The van der Waals surface area contributed by atoms with Gasteiger partial charge in [-0.2, -0.15) is 0 Å². The van der Waals surface area contributed by atoms with E-state index in [-0.39, 0.29) is 22.3 Å². The lowest BCUT2D eigenvalue weighted by atomic mass is 9.44. The van der Waals surface area contributed by atoms with E-state index >= 15 is 0 Å². The average Bonchev–Trinajstić information content (AvgIpc) is 3.70. The first-order valence-corrected chi connectivity index (χ1v) is 15.5. The van der Waals surface area contributed by atoms with Crippen LogP contribution in [-0.2, 0) is 34.1 Å². The zero-order valence-corrected chi connectivity index (χ0v) is 26.2. The average molecular weight is 644 g/mol. The Labute approximate surface area is 274 Å². The topological polar surface area (TPSA) is 132 Å². The van der Waals surface area contributed by atoms with Crippen molar-refractivity contribution in [3.05, 3.63) is 114 Å². The number of rotatable bonds is 5. The molecule has 4 unspecified atom stereocenters. The van der Waals surface area contributed by atoms with Crippen molar-refractivity contribution in [3.8, 4) is 0 Å². The third-order valence-electron chi connectivity index (χ3n) is 10.6. The molecule has 2 aliphatic heterocycles. The highest BCUT2D eigenvalue weighted by atomic mass is 16.5. The molecule has 3 fully saturated rings. The number of hydrogen-bond donors (Lipinski definition) is 0. The van der Waals surface area contributed by atoms with Crippen molar-refractivity contribution in [1.82, 2.24) is 4.40 Å². The molecule has 0 radical (unpaired) electrons. The largest absolute Gasteiger partial charge is 0.465 e. The van der Waals surface area contributed by atoms with Gasteiger partial charge in [-0.05, 0) is 43.3 Å². The van der Waals surface area contributed by atoms with Crippen LogP contribution in [0, 0.1) is 29.6 Å². The number of esters is 2. The maximum absolute atomic E-state index is 14.9. The van der Waals surface area contributed by atoms with Gasteiger partial charge >= 0.3 is 11.9 Å². The predicted octanol–water partition coefficient (Wildman–Crippen LogP) is 3.95. The number of aromatic nitrogens is 1. The number of pyridine rings is 1. The molecular weight excluding hydrogens is 614 g/mol. The van der Waals surface area contributed by atoms with Gasteiger partial charge in [-0.25, -0.2) is 19.4 Å². The van der Waals surface area contributed by atoms with Crippen LogP contribution in [0.15, 0.2) is 96.7 Å². The quantitative estimate of drug-likeness (QED) is 0.182. The fourth-order valence-electron chi connectivity index (χ4n) is 9.02. The summed E-state index contributed by atoms with van der Waals surface area (Å²) in [5, 5.41) is 0. The summed E-state index contributed by atoms with van der Waals surface area (Å²) < 4.78 is 12.0. The molecule has 4 aromatic rings. The molecule has 48 heavy (non-hydrogen) atoms. The van der Waals surface area contributed by atoms with Crippen molar-refractivity contribution in [2.24, 2.45) is 29.6 Å². The van der Waals surface area contributed by atoms with Gasteiger partial charge in [0, 0.05) is 17.8 Å². The van der Waals surface area contributed by atoms with E-state index in [1.54, 1.807) is 102 Å². The lowest BCUT2D eigenvalue weighted by molar-refractivity contribution is -0.141. The number of carbonyl (C=O) groups excluding carboxylic acids is 6. The van der Waals surface area contributed by atoms with Gasteiger partial charge in [-0.15, -0.1) is 0 Å². The number of amides is 4. The first kappa shape index (κ1) is 29.6. The molecule has 1 saturated carbocycles. The summed E-state index contributed by atoms with van der Waals surface area (Å²) in [6.07, 6.45) is 3.40. The van der Waals surface area contributed by atoms with Gasteiger partial charge < -0.3 is 13.9 Å². The van der Waals surface area contributed by atoms with E-state index in [2.05, 4.69) is 0 Å². The highest BCUT2D eigenvalue weighted by Gasteiger charge is 2.77. The van der Waals surface area contributed by atoms with Crippen LogP contribution in [0.5, 0.6) is 0 Å². The number of para-hydroxylation sites is 2. The lowest BCUT2D eigenvalue weighted by Gasteiger charge is -2.55. The van der Waals surface area contributed by atoms with Gasteiger partial charge in [0.15, 0.2) is 0 Å². The number of imide groups is 2. The lowest BCUT2D eigenvalue weighted by Crippen LogP contribution is -2.62. The summed E-state index contributed by atoms with van der Waals surface area (Å²) in [6.45, 7) is 1.78. The summed E-state index contributed by atoms with van der Waals surface area (Å²) >= 11 is 0. The molecule has 4 amide bonds. The van der Waals surface area contributed by atoms with Gasteiger partial charge in [0.05, 0.1) is 71.3 Å². The van der Waals surface area contributed by atoms with E-state index in [1.807, 2.05) is 0 Å². The van der Waals surface area contributed by atoms with Crippen LogP contribution in [0.4, 0.5) is 11.4 Å². The Bertz CT molecular complexity index is 2050. The molecule has 240 valence electrons. The maximum atomic E-state index is 14.9. The summed E-state index contributed by atoms with van der Waals surface area (Å²) in [7, 11) is 2.35. The number of carbonyl (C=O) groups is 6. The molecule has 5 aliphatic rings. The third-order valence-corrected chi connectivity index (χ3v) is 10.6. The van der Waals surface area contributed by atoms with Crippen molar-refractivity contribution >= 4 is 52.5 Å². The Morgan fingerprint density at radius 2 is 1.10 bits per heavy atom. The number of fused-ring (bicyclic) bond motifs is 1. The SMILES string of the molecule is COC(=O)c1c(C(=O)OC)c2ccccn2c1C12C=C(C)C(C3C(=O)N(c4ccccc4)C(=O)C31)C1C(=O)N(c3ccccc3)C(=O)C12. The van der Waals surface area contributed by atoms with Crippen molar-refractivity contribution < 1.29 is 38.2 Å². The van der Waals surface area contributed by atoms with Crippen molar-refractivity contribution in [2.75, 3.05) is 24.0 Å². The summed E-state index contributed by atoms with van der Waals surface area (Å²) in [5.41, 5.74) is -0.345. The van der Waals surface area contributed by atoms with Crippen LogP contribution in [0.2, 0.25) is 0 Å². The second-order valence-electron chi connectivity index (χ2n) is 12.6. The molecule has 2 aromatic heterocycles. The van der Waals surface area contributed by atoms with Crippen LogP contribution >= 0.6 is 0 Å². The first-order chi connectivity index (χ1) is 23.2. The number of allylic oxidation sites excluding steroid dienone is 2. The van der Waals surface area contributed by atoms with Crippen LogP contribution in [0.25, 0.3) is 5.52 Å². The Hall–Kier alpha value is -5.84. The van der Waals surface area contributed by atoms with E-state index in [0.29, 0.717) is 16.9 Å². The highest BCUT2D eigenvalue weighted by Crippen LogP contribution is 2.67. The molecule has 2 aromatic carbocycles. The Balaban J connectivity index is 1.50. The summed E-state index contributed by atoms with van der Waals surface area (Å²) in [6, 6.07) is 22.0. The number of anilines is 2. The van der Waals surface area contributed by atoms with E-state index < -0.39 is 70.6 Å². The Kier molecular flexibility index (Phi) is 6.36. The summed E-state index contributed by atoms with van der Waals surface area (Å²) in [5.74, 6) is -9.14. The van der Waals surface area contributed by atoms with Crippen molar-refractivity contribution in [1.29, 1.82) is 0 Å². The smallest absolute Gasteiger partial charge is 0.340 e. The van der Waals surface area contributed by atoms with E-state index in [1.165, 1.54) is 14.2 Å². The molecule has 4 atom stereocenters. The predicted molar refractivity (Wildman–Crippen MR) is 171 cm³/mol. The molecule has 11 heteroatoms. The fraction of sp³-hybridized carbons (Fsp3) is 0.243. The minimum atomic E-state index is -1.75. The van der Waals surface area contributed by atoms with Gasteiger partial charge in [-0.3, -0.25) is 19.2 Å². The Morgan fingerprint density at radius 1 is 0.625 bits per heavy atom. The zero-order chi connectivity index (χ0) is 33.6. The Morgan fingerprint density at radius 3 is 1.60 bits per heavy atom. The molecule has 0 spiro atoms. The first-order valence-electron chi connectivity index (χ1n) is 15.5.